The van der Waals surface area contributed by atoms with Gasteiger partial charge in [-0.05, 0) is 18.7 Å². The Morgan fingerprint density at radius 2 is 0.941 bits per heavy atom. The predicted molar refractivity (Wildman–Crippen MR) is 84.8 cm³/mol. The van der Waals surface area contributed by atoms with Gasteiger partial charge in [-0.1, -0.05) is 84.5 Å². The zero-order chi connectivity index (χ0) is 12.6. The van der Waals surface area contributed by atoms with Crippen LogP contribution in [0.2, 0.25) is 0 Å². The van der Waals surface area contributed by atoms with Crippen LogP contribution in [0.3, 0.4) is 0 Å². The van der Waals surface area contributed by atoms with E-state index >= 15 is 0 Å². The Kier molecular flexibility index (Phi) is 16.8. The Morgan fingerprint density at radius 3 is 1.35 bits per heavy atom. The highest BCUT2D eigenvalue weighted by Gasteiger charge is 1.93. The summed E-state index contributed by atoms with van der Waals surface area (Å²) in [6, 6.07) is 0. The Morgan fingerprint density at radius 1 is 0.529 bits per heavy atom. The second-order valence-corrected chi connectivity index (χ2v) is 6.95. The highest BCUT2D eigenvalue weighted by molar-refractivity contribution is 7.37. The fourth-order valence-corrected chi connectivity index (χ4v) is 3.12. The summed E-state index contributed by atoms with van der Waals surface area (Å²) in [5.74, 6) is 0. The predicted octanol–water partition coefficient (Wildman–Crippen LogP) is 6.39. The SMILES string of the molecule is CCCCCCCCCCCCCCPCC. The Bertz CT molecular complexity index is 109. The molecule has 0 radical (unpaired) electrons. The summed E-state index contributed by atoms with van der Waals surface area (Å²) >= 11 is 0. The van der Waals surface area contributed by atoms with E-state index < -0.39 is 0 Å². The third kappa shape index (κ3) is 16.4. The van der Waals surface area contributed by atoms with E-state index in [4.69, 9.17) is 0 Å². The van der Waals surface area contributed by atoms with Gasteiger partial charge in [-0.15, -0.1) is 8.58 Å². The van der Waals surface area contributed by atoms with E-state index in [1.165, 1.54) is 98.0 Å². The summed E-state index contributed by atoms with van der Waals surface area (Å²) in [6.45, 7) is 4.60. The molecule has 1 atom stereocenters. The molecule has 0 aliphatic rings. The maximum atomic E-state index is 2.30. The van der Waals surface area contributed by atoms with Gasteiger partial charge in [-0.25, -0.2) is 0 Å². The quantitative estimate of drug-likeness (QED) is 0.250. The van der Waals surface area contributed by atoms with E-state index in [1.807, 2.05) is 0 Å². The molecule has 0 aromatic rings. The first-order valence-corrected chi connectivity index (χ1v) is 9.54. The minimum absolute atomic E-state index is 1.23. The standard InChI is InChI=1S/C16H35P/c1-3-5-6-7-8-9-10-11-12-13-14-15-16-17-4-2/h17H,3-16H2,1-2H3. The van der Waals surface area contributed by atoms with Crippen LogP contribution < -0.4 is 0 Å². The molecule has 0 saturated heterocycles. The van der Waals surface area contributed by atoms with Crippen LogP contribution in [0.25, 0.3) is 0 Å². The molecule has 104 valence electrons. The summed E-state index contributed by atoms with van der Waals surface area (Å²) in [5.41, 5.74) is 0. The Hall–Kier alpha value is 0.430. The van der Waals surface area contributed by atoms with Crippen molar-refractivity contribution in [1.29, 1.82) is 0 Å². The van der Waals surface area contributed by atoms with Gasteiger partial charge in [0, 0.05) is 0 Å². The molecule has 0 aromatic carbocycles. The minimum atomic E-state index is 1.23. The summed E-state index contributed by atoms with van der Waals surface area (Å²) in [7, 11) is 1.23. The maximum Gasteiger partial charge on any atom is -0.0354 e. The van der Waals surface area contributed by atoms with Gasteiger partial charge in [-0.3, -0.25) is 0 Å². The van der Waals surface area contributed by atoms with E-state index in [-0.39, 0.29) is 0 Å². The fraction of sp³-hybridized carbons (Fsp3) is 1.00. The lowest BCUT2D eigenvalue weighted by Gasteiger charge is -2.02. The molecule has 0 aliphatic carbocycles. The average molecular weight is 258 g/mol. The average Bonchev–Trinajstić information content (AvgIpc) is 2.35. The van der Waals surface area contributed by atoms with Crippen molar-refractivity contribution in [1.82, 2.24) is 0 Å². The van der Waals surface area contributed by atoms with E-state index in [0.29, 0.717) is 0 Å². The first-order valence-electron chi connectivity index (χ1n) is 8.12. The second-order valence-electron chi connectivity index (χ2n) is 5.24. The van der Waals surface area contributed by atoms with Gasteiger partial charge >= 0.3 is 0 Å². The molecule has 0 spiro atoms. The first kappa shape index (κ1) is 17.4. The highest BCUT2D eigenvalue weighted by atomic mass is 31.1. The van der Waals surface area contributed by atoms with Crippen LogP contribution in [-0.2, 0) is 0 Å². The summed E-state index contributed by atoms with van der Waals surface area (Å²) < 4.78 is 0. The molecule has 0 N–H and O–H groups in total. The molecule has 0 rings (SSSR count). The molecular weight excluding hydrogens is 223 g/mol. The summed E-state index contributed by atoms with van der Waals surface area (Å²) in [4.78, 5) is 0. The van der Waals surface area contributed by atoms with Crippen LogP contribution in [0.4, 0.5) is 0 Å². The maximum absolute atomic E-state index is 2.30. The van der Waals surface area contributed by atoms with E-state index in [9.17, 15) is 0 Å². The Balaban J connectivity index is 2.85. The van der Waals surface area contributed by atoms with Crippen LogP contribution in [0.15, 0.2) is 0 Å². The third-order valence-corrected chi connectivity index (χ3v) is 4.66. The molecule has 0 aromatic heterocycles. The molecule has 1 unspecified atom stereocenters. The fourth-order valence-electron chi connectivity index (χ4n) is 2.27. The van der Waals surface area contributed by atoms with Gasteiger partial charge in [0.1, 0.15) is 0 Å². The van der Waals surface area contributed by atoms with Gasteiger partial charge in [0.15, 0.2) is 0 Å². The molecule has 0 bridgehead atoms. The van der Waals surface area contributed by atoms with E-state index in [0.717, 1.165) is 0 Å². The number of hydrogen-bond donors (Lipinski definition) is 0. The van der Waals surface area contributed by atoms with Crippen LogP contribution in [0.5, 0.6) is 0 Å². The van der Waals surface area contributed by atoms with Crippen molar-refractivity contribution >= 4 is 8.58 Å². The molecule has 0 nitrogen and oxygen atoms in total. The first-order chi connectivity index (χ1) is 8.41. The summed E-state index contributed by atoms with van der Waals surface area (Å²) in [5, 5.41) is 0. The number of rotatable bonds is 14. The lowest BCUT2D eigenvalue weighted by atomic mass is 10.1. The lowest BCUT2D eigenvalue weighted by molar-refractivity contribution is 0.548. The van der Waals surface area contributed by atoms with Crippen LogP contribution >= 0.6 is 8.58 Å². The van der Waals surface area contributed by atoms with Crippen molar-refractivity contribution in [3.63, 3.8) is 0 Å². The van der Waals surface area contributed by atoms with Crippen molar-refractivity contribution in [2.75, 3.05) is 12.3 Å². The molecule has 0 heterocycles. The second kappa shape index (κ2) is 16.4. The van der Waals surface area contributed by atoms with Crippen molar-refractivity contribution in [3.05, 3.63) is 0 Å². The highest BCUT2D eigenvalue weighted by Crippen LogP contribution is 2.15. The van der Waals surface area contributed by atoms with Crippen LogP contribution in [0, 0.1) is 0 Å². The van der Waals surface area contributed by atoms with Crippen molar-refractivity contribution in [2.24, 2.45) is 0 Å². The van der Waals surface area contributed by atoms with Gasteiger partial charge in [0.2, 0.25) is 0 Å². The normalized spacial score (nSPS) is 11.6. The Labute approximate surface area is 112 Å². The zero-order valence-electron chi connectivity index (χ0n) is 12.4. The third-order valence-electron chi connectivity index (χ3n) is 3.46. The monoisotopic (exact) mass is 258 g/mol. The molecule has 0 aliphatic heterocycles. The van der Waals surface area contributed by atoms with Gasteiger partial charge < -0.3 is 0 Å². The molecule has 1 heteroatoms. The number of unbranched alkanes of at least 4 members (excludes halogenated alkanes) is 11. The topological polar surface area (TPSA) is 0 Å². The molecule has 0 saturated carbocycles. The van der Waals surface area contributed by atoms with E-state index in [2.05, 4.69) is 13.8 Å². The minimum Gasteiger partial charge on any atom is -0.122 e. The van der Waals surface area contributed by atoms with Crippen LogP contribution in [0.1, 0.15) is 90.9 Å². The van der Waals surface area contributed by atoms with Crippen molar-refractivity contribution < 1.29 is 0 Å². The largest absolute Gasteiger partial charge is 0.122 e. The lowest BCUT2D eigenvalue weighted by Crippen LogP contribution is -1.83. The zero-order valence-corrected chi connectivity index (χ0v) is 13.4. The molecule has 17 heavy (non-hydrogen) atoms. The van der Waals surface area contributed by atoms with E-state index in [1.54, 1.807) is 0 Å². The van der Waals surface area contributed by atoms with Gasteiger partial charge in [-0.2, -0.15) is 0 Å². The molecular formula is C16H35P. The summed E-state index contributed by atoms with van der Waals surface area (Å²) in [6.07, 6.45) is 20.6. The van der Waals surface area contributed by atoms with Gasteiger partial charge in [0.25, 0.3) is 0 Å². The smallest absolute Gasteiger partial charge is 0.0354 e. The van der Waals surface area contributed by atoms with Gasteiger partial charge in [0.05, 0.1) is 0 Å². The van der Waals surface area contributed by atoms with Crippen molar-refractivity contribution in [2.45, 2.75) is 90.9 Å². The van der Waals surface area contributed by atoms with Crippen LogP contribution in [-0.4, -0.2) is 12.3 Å². The number of hydrogen-bond acceptors (Lipinski definition) is 0. The molecule has 0 fully saturated rings. The molecule has 0 amide bonds. The van der Waals surface area contributed by atoms with Crippen molar-refractivity contribution in [3.8, 4) is 0 Å².